The predicted octanol–water partition coefficient (Wildman–Crippen LogP) is 2.85. The molecule has 2 aromatic rings. The lowest BCUT2D eigenvalue weighted by atomic mass is 10.2. The second-order valence-electron chi connectivity index (χ2n) is 3.69. The highest BCUT2D eigenvalue weighted by atomic mass is 19.2. The number of hydrogen-bond donors (Lipinski definition) is 2. The van der Waals surface area contributed by atoms with Gasteiger partial charge in [-0.05, 0) is 36.4 Å². The molecule has 0 spiro atoms. The Labute approximate surface area is 107 Å². The lowest BCUT2D eigenvalue weighted by molar-refractivity contribution is 0.318. The van der Waals surface area contributed by atoms with Crippen LogP contribution < -0.4 is 10.5 Å². The average Bonchev–Trinajstić information content (AvgIpc) is 2.43. The SMILES string of the molecule is N/C(=N\O)c1ccc(Oc2ccc(F)c(F)c2)cc1. The van der Waals surface area contributed by atoms with Crippen molar-refractivity contribution in [3.63, 3.8) is 0 Å². The lowest BCUT2D eigenvalue weighted by Gasteiger charge is -2.06. The Hall–Kier alpha value is -2.63. The first-order valence-corrected chi connectivity index (χ1v) is 5.31. The van der Waals surface area contributed by atoms with Gasteiger partial charge in [-0.15, -0.1) is 0 Å². The molecule has 3 N–H and O–H groups in total. The van der Waals surface area contributed by atoms with E-state index in [1.54, 1.807) is 24.3 Å². The lowest BCUT2D eigenvalue weighted by Crippen LogP contribution is -2.12. The zero-order chi connectivity index (χ0) is 13.8. The minimum atomic E-state index is -0.981. The molecule has 6 heteroatoms. The van der Waals surface area contributed by atoms with E-state index >= 15 is 0 Å². The first-order valence-electron chi connectivity index (χ1n) is 5.31. The molecule has 0 unspecified atom stereocenters. The van der Waals surface area contributed by atoms with Gasteiger partial charge in [-0.1, -0.05) is 5.16 Å². The Morgan fingerprint density at radius 1 is 1.00 bits per heavy atom. The van der Waals surface area contributed by atoms with Crippen LogP contribution in [-0.2, 0) is 0 Å². The number of ether oxygens (including phenoxy) is 1. The molecular weight excluding hydrogens is 254 g/mol. The molecule has 0 aliphatic carbocycles. The summed E-state index contributed by atoms with van der Waals surface area (Å²) >= 11 is 0. The predicted molar refractivity (Wildman–Crippen MR) is 65.4 cm³/mol. The molecule has 19 heavy (non-hydrogen) atoms. The minimum absolute atomic E-state index is 0.0284. The van der Waals surface area contributed by atoms with Gasteiger partial charge in [-0.2, -0.15) is 0 Å². The number of rotatable bonds is 3. The summed E-state index contributed by atoms with van der Waals surface area (Å²) in [7, 11) is 0. The molecule has 0 heterocycles. The molecule has 98 valence electrons. The van der Waals surface area contributed by atoms with Gasteiger partial charge < -0.3 is 15.7 Å². The molecule has 0 saturated carbocycles. The van der Waals surface area contributed by atoms with E-state index in [0.29, 0.717) is 11.3 Å². The van der Waals surface area contributed by atoms with Crippen LogP contribution in [0.25, 0.3) is 0 Å². The van der Waals surface area contributed by atoms with E-state index in [9.17, 15) is 8.78 Å². The summed E-state index contributed by atoms with van der Waals surface area (Å²) in [6, 6.07) is 9.52. The van der Waals surface area contributed by atoms with E-state index in [1.165, 1.54) is 6.07 Å². The smallest absolute Gasteiger partial charge is 0.170 e. The van der Waals surface area contributed by atoms with Crippen molar-refractivity contribution in [2.24, 2.45) is 10.9 Å². The fourth-order valence-electron chi connectivity index (χ4n) is 1.43. The number of halogens is 2. The van der Waals surface area contributed by atoms with Crippen molar-refractivity contribution in [3.05, 3.63) is 59.7 Å². The molecule has 0 aliphatic rings. The van der Waals surface area contributed by atoms with E-state index in [4.69, 9.17) is 15.7 Å². The van der Waals surface area contributed by atoms with E-state index in [-0.39, 0.29) is 11.6 Å². The molecule has 4 nitrogen and oxygen atoms in total. The summed E-state index contributed by atoms with van der Waals surface area (Å²) in [4.78, 5) is 0. The molecule has 2 rings (SSSR count). The Morgan fingerprint density at radius 3 is 2.21 bits per heavy atom. The van der Waals surface area contributed by atoms with E-state index < -0.39 is 11.6 Å². The Balaban J connectivity index is 2.17. The quantitative estimate of drug-likeness (QED) is 0.387. The molecule has 2 aromatic carbocycles. The molecule has 0 aliphatic heterocycles. The summed E-state index contributed by atoms with van der Waals surface area (Å²) in [5.74, 6) is -1.35. The Kier molecular flexibility index (Phi) is 3.61. The minimum Gasteiger partial charge on any atom is -0.457 e. The fourth-order valence-corrected chi connectivity index (χ4v) is 1.43. The van der Waals surface area contributed by atoms with E-state index in [0.717, 1.165) is 12.1 Å². The first kappa shape index (κ1) is 12.8. The molecule has 0 atom stereocenters. The normalized spacial score (nSPS) is 11.4. The molecule has 0 radical (unpaired) electrons. The third-order valence-corrected chi connectivity index (χ3v) is 2.38. The van der Waals surface area contributed by atoms with Gasteiger partial charge in [0, 0.05) is 11.6 Å². The van der Waals surface area contributed by atoms with Crippen molar-refractivity contribution >= 4 is 5.84 Å². The third kappa shape index (κ3) is 2.98. The van der Waals surface area contributed by atoms with Crippen LogP contribution in [0.3, 0.4) is 0 Å². The van der Waals surface area contributed by atoms with Gasteiger partial charge in [-0.3, -0.25) is 0 Å². The maximum absolute atomic E-state index is 13.0. The van der Waals surface area contributed by atoms with Crippen LogP contribution in [0.4, 0.5) is 8.78 Å². The number of amidine groups is 1. The van der Waals surface area contributed by atoms with Crippen molar-refractivity contribution in [2.45, 2.75) is 0 Å². The highest BCUT2D eigenvalue weighted by Gasteiger charge is 2.05. The molecule has 0 saturated heterocycles. The summed E-state index contributed by atoms with van der Waals surface area (Å²) in [6.45, 7) is 0. The van der Waals surface area contributed by atoms with Crippen LogP contribution in [0.1, 0.15) is 5.56 Å². The summed E-state index contributed by atoms with van der Waals surface area (Å²) in [5.41, 5.74) is 5.92. The number of nitrogens with two attached hydrogens (primary N) is 1. The molecular formula is C13H10F2N2O2. The molecule has 0 fully saturated rings. The topological polar surface area (TPSA) is 67.8 Å². The van der Waals surface area contributed by atoms with Crippen LogP contribution in [0.2, 0.25) is 0 Å². The van der Waals surface area contributed by atoms with E-state index in [1.807, 2.05) is 0 Å². The first-order chi connectivity index (χ1) is 9.10. The Bertz CT molecular complexity index is 613. The maximum atomic E-state index is 13.0. The van der Waals surface area contributed by atoms with Gasteiger partial charge in [-0.25, -0.2) is 8.78 Å². The van der Waals surface area contributed by atoms with Gasteiger partial charge in [0.1, 0.15) is 11.5 Å². The number of oxime groups is 1. The van der Waals surface area contributed by atoms with E-state index in [2.05, 4.69) is 5.16 Å². The van der Waals surface area contributed by atoms with Crippen molar-refractivity contribution in [1.82, 2.24) is 0 Å². The second kappa shape index (κ2) is 5.34. The molecule has 0 amide bonds. The number of hydrogen-bond acceptors (Lipinski definition) is 3. The van der Waals surface area contributed by atoms with Crippen LogP contribution >= 0.6 is 0 Å². The van der Waals surface area contributed by atoms with Gasteiger partial charge in [0.15, 0.2) is 17.5 Å². The number of benzene rings is 2. The third-order valence-electron chi connectivity index (χ3n) is 2.38. The second-order valence-corrected chi connectivity index (χ2v) is 3.69. The molecule has 0 bridgehead atoms. The van der Waals surface area contributed by atoms with Crippen LogP contribution in [0, 0.1) is 11.6 Å². The van der Waals surface area contributed by atoms with Gasteiger partial charge >= 0.3 is 0 Å². The largest absolute Gasteiger partial charge is 0.457 e. The summed E-state index contributed by atoms with van der Waals surface area (Å²) < 4.78 is 31.1. The van der Waals surface area contributed by atoms with Crippen LogP contribution in [0.15, 0.2) is 47.6 Å². The van der Waals surface area contributed by atoms with Crippen molar-refractivity contribution in [1.29, 1.82) is 0 Å². The van der Waals surface area contributed by atoms with Crippen molar-refractivity contribution < 1.29 is 18.7 Å². The van der Waals surface area contributed by atoms with Gasteiger partial charge in [0.05, 0.1) is 0 Å². The summed E-state index contributed by atoms with van der Waals surface area (Å²) in [6.07, 6.45) is 0. The monoisotopic (exact) mass is 264 g/mol. The zero-order valence-corrected chi connectivity index (χ0v) is 9.68. The van der Waals surface area contributed by atoms with Crippen LogP contribution in [0.5, 0.6) is 11.5 Å². The highest BCUT2D eigenvalue weighted by molar-refractivity contribution is 5.97. The zero-order valence-electron chi connectivity index (χ0n) is 9.68. The average molecular weight is 264 g/mol. The van der Waals surface area contributed by atoms with Gasteiger partial charge in [0.25, 0.3) is 0 Å². The summed E-state index contributed by atoms with van der Waals surface area (Å²) in [5, 5.41) is 11.4. The molecule has 0 aromatic heterocycles. The van der Waals surface area contributed by atoms with Crippen LogP contribution in [-0.4, -0.2) is 11.0 Å². The van der Waals surface area contributed by atoms with Crippen molar-refractivity contribution in [3.8, 4) is 11.5 Å². The Morgan fingerprint density at radius 2 is 1.63 bits per heavy atom. The van der Waals surface area contributed by atoms with Gasteiger partial charge in [0.2, 0.25) is 0 Å². The maximum Gasteiger partial charge on any atom is 0.170 e. The van der Waals surface area contributed by atoms with Crippen molar-refractivity contribution in [2.75, 3.05) is 0 Å². The number of nitrogens with zero attached hydrogens (tertiary/aromatic N) is 1. The highest BCUT2D eigenvalue weighted by Crippen LogP contribution is 2.23. The standard InChI is InChI=1S/C13H10F2N2O2/c14-11-6-5-10(7-12(11)15)19-9-3-1-8(2-4-9)13(16)17-18/h1-7,18H,(H2,16,17). The fraction of sp³-hybridized carbons (Fsp3) is 0.